The molecule has 1 aromatic carbocycles. The minimum Gasteiger partial charge on any atom is -0.493 e. The van der Waals surface area contributed by atoms with Crippen molar-refractivity contribution in [3.63, 3.8) is 0 Å². The summed E-state index contributed by atoms with van der Waals surface area (Å²) in [7, 11) is 0. The molecule has 3 nitrogen and oxygen atoms in total. The number of alkyl halides is 3. The van der Waals surface area contributed by atoms with E-state index >= 15 is 0 Å². The highest BCUT2D eigenvalue weighted by Crippen LogP contribution is 2.38. The van der Waals surface area contributed by atoms with Crippen molar-refractivity contribution in [1.29, 1.82) is 0 Å². The Labute approximate surface area is 145 Å². The van der Waals surface area contributed by atoms with Crippen molar-refractivity contribution in [2.45, 2.75) is 25.4 Å². The molecule has 25 heavy (non-hydrogen) atoms. The smallest absolute Gasteiger partial charge is 0.416 e. The number of halogens is 3. The van der Waals surface area contributed by atoms with Crippen LogP contribution >= 0.6 is 0 Å². The zero-order valence-electron chi connectivity index (χ0n) is 14.1. The molecular weight excluding hydrogens is 331 g/mol. The lowest BCUT2D eigenvalue weighted by Crippen LogP contribution is -2.51. The van der Waals surface area contributed by atoms with Gasteiger partial charge in [-0.05, 0) is 60.6 Å². The molecule has 3 atom stereocenters. The minimum atomic E-state index is -4.34. The molecule has 1 aromatic rings. The largest absolute Gasteiger partial charge is 0.493 e. The van der Waals surface area contributed by atoms with E-state index in [-0.39, 0.29) is 0 Å². The summed E-state index contributed by atoms with van der Waals surface area (Å²) in [4.78, 5) is 0. The quantitative estimate of drug-likeness (QED) is 0.877. The van der Waals surface area contributed by atoms with Gasteiger partial charge in [0.2, 0.25) is 0 Å². The van der Waals surface area contributed by atoms with Gasteiger partial charge < -0.3 is 14.8 Å². The van der Waals surface area contributed by atoms with Crippen molar-refractivity contribution in [3.8, 4) is 5.75 Å². The third-order valence-corrected chi connectivity index (χ3v) is 5.71. The van der Waals surface area contributed by atoms with Gasteiger partial charge in [-0.25, -0.2) is 0 Å². The van der Waals surface area contributed by atoms with Crippen LogP contribution in [0.15, 0.2) is 18.2 Å². The first-order valence-electron chi connectivity index (χ1n) is 9.12. The Hall–Kier alpha value is -1.27. The van der Waals surface area contributed by atoms with E-state index in [1.54, 1.807) is 6.07 Å². The Kier molecular flexibility index (Phi) is 4.67. The molecule has 2 aliphatic heterocycles. The van der Waals surface area contributed by atoms with Gasteiger partial charge >= 0.3 is 6.18 Å². The van der Waals surface area contributed by atoms with Crippen molar-refractivity contribution in [1.82, 2.24) is 5.32 Å². The zero-order chi connectivity index (χ0) is 17.4. The van der Waals surface area contributed by atoms with E-state index in [0.29, 0.717) is 36.0 Å². The number of rotatable bonds is 5. The maximum absolute atomic E-state index is 13.1. The summed E-state index contributed by atoms with van der Waals surface area (Å²) in [6.45, 7) is 3.82. The van der Waals surface area contributed by atoms with Gasteiger partial charge in [0.25, 0.3) is 0 Å². The number of piperidine rings is 1. The monoisotopic (exact) mass is 355 g/mol. The van der Waals surface area contributed by atoms with E-state index < -0.39 is 11.7 Å². The lowest BCUT2D eigenvalue weighted by molar-refractivity contribution is -0.137. The summed E-state index contributed by atoms with van der Waals surface area (Å²) < 4.78 is 50.7. The molecule has 0 spiro atoms. The fourth-order valence-electron chi connectivity index (χ4n) is 3.99. The molecule has 1 saturated carbocycles. The highest BCUT2D eigenvalue weighted by atomic mass is 19.4. The molecule has 0 radical (unpaired) electrons. The van der Waals surface area contributed by atoms with Gasteiger partial charge in [-0.1, -0.05) is 6.07 Å². The maximum Gasteiger partial charge on any atom is 0.416 e. The van der Waals surface area contributed by atoms with Gasteiger partial charge in [0, 0.05) is 13.1 Å². The van der Waals surface area contributed by atoms with Crippen LogP contribution in [0.4, 0.5) is 13.2 Å². The third kappa shape index (κ3) is 3.95. The van der Waals surface area contributed by atoms with E-state index in [9.17, 15) is 13.2 Å². The molecule has 2 bridgehead atoms. The van der Waals surface area contributed by atoms with Crippen LogP contribution in [0.3, 0.4) is 0 Å². The SMILES string of the molecule is FC(F)(F)c1ccc(C[C@H]2[C@@H]3CNC[C@H]2COC3)c(OCC2CC2)c1. The zero-order valence-corrected chi connectivity index (χ0v) is 14.1. The fraction of sp³-hybridized carbons (Fsp3) is 0.684. The lowest BCUT2D eigenvalue weighted by atomic mass is 9.74. The first-order chi connectivity index (χ1) is 12.0. The van der Waals surface area contributed by atoms with Crippen molar-refractivity contribution in [2.75, 3.05) is 32.9 Å². The number of nitrogens with one attached hydrogen (secondary N) is 1. The van der Waals surface area contributed by atoms with Crippen LogP contribution < -0.4 is 10.1 Å². The summed E-state index contributed by atoms with van der Waals surface area (Å²) in [5.41, 5.74) is 0.272. The van der Waals surface area contributed by atoms with Gasteiger partial charge in [-0.2, -0.15) is 13.2 Å². The van der Waals surface area contributed by atoms with E-state index in [4.69, 9.17) is 9.47 Å². The van der Waals surface area contributed by atoms with E-state index in [2.05, 4.69) is 5.32 Å². The van der Waals surface area contributed by atoms with Crippen molar-refractivity contribution < 1.29 is 22.6 Å². The molecule has 0 aromatic heterocycles. The number of benzene rings is 1. The minimum absolute atomic E-state index is 0.416. The van der Waals surface area contributed by atoms with E-state index in [1.165, 1.54) is 12.1 Å². The van der Waals surface area contributed by atoms with Crippen LogP contribution in [0.25, 0.3) is 0 Å². The number of hydrogen-bond donors (Lipinski definition) is 1. The highest BCUT2D eigenvalue weighted by Gasteiger charge is 2.38. The van der Waals surface area contributed by atoms with Crippen LogP contribution in [0.2, 0.25) is 0 Å². The third-order valence-electron chi connectivity index (χ3n) is 5.71. The molecule has 4 rings (SSSR count). The van der Waals surface area contributed by atoms with Crippen molar-refractivity contribution in [2.24, 2.45) is 23.7 Å². The van der Waals surface area contributed by atoms with E-state index in [1.807, 2.05) is 0 Å². The molecular formula is C19H24F3NO2. The summed E-state index contributed by atoms with van der Waals surface area (Å²) in [6, 6.07) is 3.99. The first kappa shape index (κ1) is 17.2. The predicted molar refractivity (Wildman–Crippen MR) is 87.5 cm³/mol. The molecule has 1 aliphatic carbocycles. The molecule has 2 saturated heterocycles. The van der Waals surface area contributed by atoms with Crippen molar-refractivity contribution >= 4 is 0 Å². The number of fused-ring (bicyclic) bond motifs is 2. The second-order valence-corrected chi connectivity index (χ2v) is 7.66. The van der Waals surface area contributed by atoms with Gasteiger partial charge in [0.1, 0.15) is 5.75 Å². The second kappa shape index (κ2) is 6.80. The Morgan fingerprint density at radius 2 is 1.84 bits per heavy atom. The van der Waals surface area contributed by atoms with Crippen LogP contribution in [0.5, 0.6) is 5.75 Å². The van der Waals surface area contributed by atoms with Gasteiger partial charge in [-0.3, -0.25) is 0 Å². The Balaban J connectivity index is 1.56. The summed E-state index contributed by atoms with van der Waals surface area (Å²) in [5, 5.41) is 3.43. The molecule has 2 heterocycles. The normalized spacial score (nSPS) is 29.5. The average molecular weight is 355 g/mol. The Morgan fingerprint density at radius 3 is 2.48 bits per heavy atom. The topological polar surface area (TPSA) is 30.5 Å². The summed E-state index contributed by atoms with van der Waals surface area (Å²) in [5.74, 6) is 2.21. The number of ether oxygens (including phenoxy) is 2. The van der Waals surface area contributed by atoms with Crippen LogP contribution in [0.1, 0.15) is 24.0 Å². The van der Waals surface area contributed by atoms with Crippen LogP contribution in [-0.2, 0) is 17.3 Å². The number of hydrogen-bond acceptors (Lipinski definition) is 3. The molecule has 138 valence electrons. The molecule has 3 aliphatic rings. The molecule has 0 amide bonds. The Morgan fingerprint density at radius 1 is 1.12 bits per heavy atom. The van der Waals surface area contributed by atoms with Gasteiger partial charge in [0.15, 0.2) is 0 Å². The summed E-state index contributed by atoms with van der Waals surface area (Å²) >= 11 is 0. The first-order valence-corrected chi connectivity index (χ1v) is 9.12. The van der Waals surface area contributed by atoms with Crippen molar-refractivity contribution in [3.05, 3.63) is 29.3 Å². The Bertz CT molecular complexity index is 593. The predicted octanol–water partition coefficient (Wildman–Crippen LogP) is 3.52. The van der Waals surface area contributed by atoms with Crippen LogP contribution in [-0.4, -0.2) is 32.9 Å². The maximum atomic E-state index is 13.1. The highest BCUT2D eigenvalue weighted by molar-refractivity contribution is 5.39. The standard InChI is InChI=1S/C19H24F3NO2/c20-19(21,22)16-4-3-13(18(6-16)25-9-12-1-2-12)5-17-14-7-23-8-15(17)11-24-10-14/h3-4,6,12,14-15,17,23H,1-2,5,7-11H2/t14-,15+,17+. The molecule has 1 N–H and O–H groups in total. The molecule has 0 unspecified atom stereocenters. The fourth-order valence-corrected chi connectivity index (χ4v) is 3.99. The lowest BCUT2D eigenvalue weighted by Gasteiger charge is -2.43. The van der Waals surface area contributed by atoms with Gasteiger partial charge in [0.05, 0.1) is 25.4 Å². The summed E-state index contributed by atoms with van der Waals surface area (Å²) in [6.07, 6.45) is -1.35. The molecule has 3 fully saturated rings. The van der Waals surface area contributed by atoms with Crippen LogP contribution in [0, 0.1) is 23.7 Å². The average Bonchev–Trinajstić information content (AvgIpc) is 3.37. The van der Waals surface area contributed by atoms with E-state index in [0.717, 1.165) is 51.1 Å². The second-order valence-electron chi connectivity index (χ2n) is 7.66. The van der Waals surface area contributed by atoms with Gasteiger partial charge in [-0.15, -0.1) is 0 Å². The molecule has 6 heteroatoms.